The van der Waals surface area contributed by atoms with Gasteiger partial charge in [0.05, 0.1) is 6.42 Å². The number of carbonyl (C=O) groups excluding carboxylic acids is 1. The number of aromatic nitrogens is 1. The van der Waals surface area contributed by atoms with Crippen LogP contribution in [0.5, 0.6) is 0 Å². The fourth-order valence-electron chi connectivity index (χ4n) is 2.09. The fourth-order valence-corrected chi connectivity index (χ4v) is 2.09. The summed E-state index contributed by atoms with van der Waals surface area (Å²) in [4.78, 5) is 10.9. The van der Waals surface area contributed by atoms with E-state index >= 15 is 0 Å². The zero-order valence-corrected chi connectivity index (χ0v) is 10.3. The van der Waals surface area contributed by atoms with Crippen LogP contribution in [-0.2, 0) is 17.8 Å². The van der Waals surface area contributed by atoms with Crippen LogP contribution in [0.2, 0.25) is 0 Å². The highest BCUT2D eigenvalue weighted by atomic mass is 16.1. The van der Waals surface area contributed by atoms with Gasteiger partial charge in [0.1, 0.15) is 0 Å². The van der Waals surface area contributed by atoms with E-state index < -0.39 is 0 Å². The van der Waals surface area contributed by atoms with Crippen molar-refractivity contribution >= 4 is 16.8 Å². The van der Waals surface area contributed by atoms with E-state index in [-0.39, 0.29) is 5.91 Å². The maximum absolute atomic E-state index is 10.9. The number of amides is 1. The van der Waals surface area contributed by atoms with Crippen molar-refractivity contribution < 1.29 is 4.79 Å². The zero-order valence-electron chi connectivity index (χ0n) is 10.3. The summed E-state index contributed by atoms with van der Waals surface area (Å²) in [6.07, 6.45) is 2.40. The van der Waals surface area contributed by atoms with E-state index in [1.807, 2.05) is 12.1 Å². The Morgan fingerprint density at radius 1 is 1.35 bits per heavy atom. The lowest BCUT2D eigenvalue weighted by atomic mass is 10.1. The van der Waals surface area contributed by atoms with Gasteiger partial charge in [-0.15, -0.1) is 0 Å². The number of rotatable bonds is 4. The molecule has 17 heavy (non-hydrogen) atoms. The maximum Gasteiger partial charge on any atom is 0.221 e. The van der Waals surface area contributed by atoms with E-state index in [4.69, 9.17) is 5.73 Å². The molecule has 0 atom stereocenters. The number of nitrogens with two attached hydrogens (primary N) is 1. The van der Waals surface area contributed by atoms with Crippen molar-refractivity contribution in [2.45, 2.75) is 26.8 Å². The van der Waals surface area contributed by atoms with Crippen molar-refractivity contribution in [2.75, 3.05) is 0 Å². The molecule has 0 bridgehead atoms. The number of carbonyl (C=O) groups is 1. The Labute approximate surface area is 101 Å². The van der Waals surface area contributed by atoms with E-state index in [9.17, 15) is 4.79 Å². The molecule has 0 aliphatic rings. The van der Waals surface area contributed by atoms with Crippen LogP contribution in [0.3, 0.4) is 0 Å². The van der Waals surface area contributed by atoms with Crippen LogP contribution < -0.4 is 5.73 Å². The summed E-state index contributed by atoms with van der Waals surface area (Å²) < 4.78 is 2.23. The van der Waals surface area contributed by atoms with Crippen LogP contribution in [0.4, 0.5) is 0 Å². The molecule has 0 unspecified atom stereocenters. The van der Waals surface area contributed by atoms with Crippen molar-refractivity contribution in [3.63, 3.8) is 0 Å². The maximum atomic E-state index is 10.9. The van der Waals surface area contributed by atoms with Crippen LogP contribution in [0.1, 0.15) is 19.4 Å². The van der Waals surface area contributed by atoms with Gasteiger partial charge >= 0.3 is 0 Å². The topological polar surface area (TPSA) is 48.0 Å². The van der Waals surface area contributed by atoms with E-state index in [0.29, 0.717) is 12.3 Å². The van der Waals surface area contributed by atoms with E-state index in [2.05, 4.69) is 36.7 Å². The summed E-state index contributed by atoms with van der Waals surface area (Å²) in [5.74, 6) is 0.316. The molecule has 0 radical (unpaired) electrons. The number of nitrogens with zero attached hydrogens (tertiary/aromatic N) is 1. The highest BCUT2D eigenvalue weighted by Crippen LogP contribution is 2.19. The first-order chi connectivity index (χ1) is 8.06. The third-order valence-corrected chi connectivity index (χ3v) is 2.78. The van der Waals surface area contributed by atoms with Gasteiger partial charge in [-0.05, 0) is 29.0 Å². The molecule has 2 aromatic rings. The Kier molecular flexibility index (Phi) is 3.18. The Balaban J connectivity index is 2.39. The molecule has 1 aromatic heterocycles. The van der Waals surface area contributed by atoms with Crippen molar-refractivity contribution in [3.05, 3.63) is 36.0 Å². The summed E-state index contributed by atoms with van der Waals surface area (Å²) in [7, 11) is 0. The molecule has 90 valence electrons. The average molecular weight is 230 g/mol. The number of hydrogen-bond acceptors (Lipinski definition) is 1. The molecule has 2 rings (SSSR count). The van der Waals surface area contributed by atoms with Gasteiger partial charge < -0.3 is 10.3 Å². The standard InChI is InChI=1S/C14H18N2O/c1-10(2)9-16-6-5-12-4-3-11(7-13(12)16)8-14(15)17/h3-7,10H,8-9H2,1-2H3,(H2,15,17). The fraction of sp³-hybridized carbons (Fsp3) is 0.357. The second kappa shape index (κ2) is 4.62. The van der Waals surface area contributed by atoms with Crippen molar-refractivity contribution in [1.82, 2.24) is 4.57 Å². The SMILES string of the molecule is CC(C)Cn1ccc2ccc(CC(N)=O)cc21. The van der Waals surface area contributed by atoms with Gasteiger partial charge in [-0.3, -0.25) is 4.79 Å². The second-order valence-electron chi connectivity index (χ2n) is 4.90. The lowest BCUT2D eigenvalue weighted by Crippen LogP contribution is -2.13. The van der Waals surface area contributed by atoms with Crippen LogP contribution in [0.15, 0.2) is 30.5 Å². The number of primary amides is 1. The summed E-state index contributed by atoms with van der Waals surface area (Å²) >= 11 is 0. The zero-order chi connectivity index (χ0) is 12.4. The van der Waals surface area contributed by atoms with Crippen LogP contribution in [0.25, 0.3) is 10.9 Å². The third-order valence-electron chi connectivity index (χ3n) is 2.78. The van der Waals surface area contributed by atoms with Gasteiger partial charge in [-0.1, -0.05) is 26.0 Å². The summed E-state index contributed by atoms with van der Waals surface area (Å²) in [5.41, 5.74) is 7.38. The van der Waals surface area contributed by atoms with Crippen molar-refractivity contribution in [1.29, 1.82) is 0 Å². The molecule has 0 saturated heterocycles. The molecular formula is C14H18N2O. The number of fused-ring (bicyclic) bond motifs is 1. The molecule has 0 spiro atoms. The Hall–Kier alpha value is -1.77. The highest BCUT2D eigenvalue weighted by Gasteiger charge is 2.05. The first-order valence-corrected chi connectivity index (χ1v) is 5.92. The third kappa shape index (κ3) is 2.67. The van der Waals surface area contributed by atoms with Gasteiger partial charge in [0, 0.05) is 18.3 Å². The van der Waals surface area contributed by atoms with E-state index in [1.54, 1.807) is 0 Å². The smallest absolute Gasteiger partial charge is 0.221 e. The predicted octanol–water partition coefficient (Wildman–Crippen LogP) is 2.33. The summed E-state index contributed by atoms with van der Waals surface area (Å²) in [5, 5.41) is 1.21. The highest BCUT2D eigenvalue weighted by molar-refractivity contribution is 5.83. The minimum absolute atomic E-state index is 0.286. The van der Waals surface area contributed by atoms with Gasteiger partial charge in [-0.2, -0.15) is 0 Å². The van der Waals surface area contributed by atoms with Crippen LogP contribution in [0, 0.1) is 5.92 Å². The van der Waals surface area contributed by atoms with Gasteiger partial charge in [0.2, 0.25) is 5.91 Å². The largest absolute Gasteiger partial charge is 0.369 e. The monoisotopic (exact) mass is 230 g/mol. The van der Waals surface area contributed by atoms with Crippen LogP contribution in [-0.4, -0.2) is 10.5 Å². The first kappa shape index (κ1) is 11.7. The molecule has 1 amide bonds. The normalized spacial score (nSPS) is 11.2. The summed E-state index contributed by atoms with van der Waals surface area (Å²) in [6, 6.07) is 8.17. The molecule has 3 heteroatoms. The molecule has 1 heterocycles. The number of benzene rings is 1. The van der Waals surface area contributed by atoms with E-state index in [0.717, 1.165) is 12.1 Å². The molecule has 0 aliphatic heterocycles. The predicted molar refractivity (Wildman–Crippen MR) is 69.7 cm³/mol. The van der Waals surface area contributed by atoms with Crippen molar-refractivity contribution in [2.24, 2.45) is 11.7 Å². The first-order valence-electron chi connectivity index (χ1n) is 5.92. The van der Waals surface area contributed by atoms with Gasteiger partial charge in [0.25, 0.3) is 0 Å². The molecule has 0 saturated carbocycles. The lowest BCUT2D eigenvalue weighted by molar-refractivity contribution is -0.117. The van der Waals surface area contributed by atoms with Crippen LogP contribution >= 0.6 is 0 Å². The van der Waals surface area contributed by atoms with E-state index in [1.165, 1.54) is 10.9 Å². The molecule has 3 nitrogen and oxygen atoms in total. The molecule has 2 N–H and O–H groups in total. The minimum Gasteiger partial charge on any atom is -0.369 e. The summed E-state index contributed by atoms with van der Waals surface area (Å²) in [6.45, 7) is 5.38. The Morgan fingerprint density at radius 2 is 2.12 bits per heavy atom. The Morgan fingerprint density at radius 3 is 2.76 bits per heavy atom. The number of hydrogen-bond donors (Lipinski definition) is 1. The molecule has 0 fully saturated rings. The second-order valence-corrected chi connectivity index (χ2v) is 4.90. The molecule has 1 aromatic carbocycles. The van der Waals surface area contributed by atoms with Crippen molar-refractivity contribution in [3.8, 4) is 0 Å². The quantitative estimate of drug-likeness (QED) is 0.861. The Bertz CT molecular complexity index is 540. The average Bonchev–Trinajstić information content (AvgIpc) is 2.59. The molecule has 0 aliphatic carbocycles. The van der Waals surface area contributed by atoms with Gasteiger partial charge in [0.15, 0.2) is 0 Å². The molecular weight excluding hydrogens is 212 g/mol. The van der Waals surface area contributed by atoms with Gasteiger partial charge in [-0.25, -0.2) is 0 Å². The lowest BCUT2D eigenvalue weighted by Gasteiger charge is -2.09. The minimum atomic E-state index is -0.286.